The Labute approximate surface area is 192 Å². The summed E-state index contributed by atoms with van der Waals surface area (Å²) in [5.41, 5.74) is 3.86. The Morgan fingerprint density at radius 2 is 1.50 bits per heavy atom. The van der Waals surface area contributed by atoms with Crippen LogP contribution in [0, 0.1) is 5.92 Å². The van der Waals surface area contributed by atoms with Crippen LogP contribution in [0.3, 0.4) is 0 Å². The number of benzene rings is 2. The molecule has 0 aromatic heterocycles. The first-order chi connectivity index (χ1) is 15.5. The number of piperazine rings is 1. The van der Waals surface area contributed by atoms with Gasteiger partial charge in [-0.3, -0.25) is 9.59 Å². The Morgan fingerprint density at radius 1 is 0.875 bits per heavy atom. The summed E-state index contributed by atoms with van der Waals surface area (Å²) >= 11 is 0. The number of hydrogen-bond donors (Lipinski definition) is 1. The predicted molar refractivity (Wildman–Crippen MR) is 132 cm³/mol. The molecule has 0 spiro atoms. The number of carbonyl (C=O) groups excluding carboxylic acids is 2. The van der Waals surface area contributed by atoms with E-state index in [-0.39, 0.29) is 11.8 Å². The molecule has 1 N–H and O–H groups in total. The van der Waals surface area contributed by atoms with Gasteiger partial charge in [0.05, 0.1) is 0 Å². The quantitative estimate of drug-likeness (QED) is 0.576. The molecular weight excluding hydrogens is 398 g/mol. The number of nitrogens with one attached hydrogen (secondary N) is 1. The SMILES string of the molecule is CCCCc1ccc(C(=O)Nc2ccc(N3CCN(C(=O)C(CC)CC)CC3)cc2)cc1. The summed E-state index contributed by atoms with van der Waals surface area (Å²) in [4.78, 5) is 29.5. The monoisotopic (exact) mass is 435 g/mol. The van der Waals surface area contributed by atoms with Crippen molar-refractivity contribution in [2.75, 3.05) is 36.4 Å². The van der Waals surface area contributed by atoms with Crippen LogP contribution >= 0.6 is 0 Å². The molecule has 32 heavy (non-hydrogen) atoms. The molecule has 0 saturated carbocycles. The Bertz CT molecular complexity index is 865. The second-order valence-electron chi connectivity index (χ2n) is 8.63. The smallest absolute Gasteiger partial charge is 0.255 e. The fraction of sp³-hybridized carbons (Fsp3) is 0.481. The summed E-state index contributed by atoms with van der Waals surface area (Å²) in [6.07, 6.45) is 5.21. The number of aryl methyl sites for hydroxylation is 1. The first kappa shape index (κ1) is 23.8. The third-order valence-electron chi connectivity index (χ3n) is 6.45. The van der Waals surface area contributed by atoms with Crippen molar-refractivity contribution in [3.05, 3.63) is 59.7 Å². The molecule has 2 aromatic rings. The van der Waals surface area contributed by atoms with Gasteiger partial charge in [0.15, 0.2) is 0 Å². The molecule has 0 aliphatic carbocycles. The van der Waals surface area contributed by atoms with Crippen molar-refractivity contribution in [1.82, 2.24) is 4.90 Å². The molecule has 5 heteroatoms. The van der Waals surface area contributed by atoms with Crippen LogP contribution in [0.4, 0.5) is 11.4 Å². The number of rotatable bonds is 9. The summed E-state index contributed by atoms with van der Waals surface area (Å²) in [5.74, 6) is 0.358. The summed E-state index contributed by atoms with van der Waals surface area (Å²) in [7, 11) is 0. The average Bonchev–Trinajstić information content (AvgIpc) is 2.84. The topological polar surface area (TPSA) is 52.7 Å². The molecule has 0 atom stereocenters. The largest absolute Gasteiger partial charge is 0.368 e. The number of nitrogens with zero attached hydrogens (tertiary/aromatic N) is 2. The van der Waals surface area contributed by atoms with Crippen LogP contribution in [0.2, 0.25) is 0 Å². The summed E-state index contributed by atoms with van der Waals surface area (Å²) in [5, 5.41) is 2.99. The number of anilines is 2. The second kappa shape index (κ2) is 11.7. The highest BCUT2D eigenvalue weighted by Gasteiger charge is 2.25. The number of carbonyl (C=O) groups is 2. The van der Waals surface area contributed by atoms with Crippen LogP contribution < -0.4 is 10.2 Å². The third kappa shape index (κ3) is 6.12. The average molecular weight is 436 g/mol. The van der Waals surface area contributed by atoms with Gasteiger partial charge in [-0.05, 0) is 67.6 Å². The second-order valence-corrected chi connectivity index (χ2v) is 8.63. The van der Waals surface area contributed by atoms with E-state index < -0.39 is 0 Å². The van der Waals surface area contributed by atoms with Crippen molar-refractivity contribution < 1.29 is 9.59 Å². The molecule has 5 nitrogen and oxygen atoms in total. The van der Waals surface area contributed by atoms with Crippen LogP contribution in [0.25, 0.3) is 0 Å². The Kier molecular flexibility index (Phi) is 8.72. The summed E-state index contributed by atoms with van der Waals surface area (Å²) in [6.45, 7) is 9.56. The molecule has 1 aliphatic heterocycles. The van der Waals surface area contributed by atoms with E-state index in [4.69, 9.17) is 0 Å². The van der Waals surface area contributed by atoms with E-state index in [2.05, 4.69) is 31.0 Å². The van der Waals surface area contributed by atoms with E-state index >= 15 is 0 Å². The highest BCUT2D eigenvalue weighted by atomic mass is 16.2. The van der Waals surface area contributed by atoms with Gasteiger partial charge in [0, 0.05) is 49.0 Å². The highest BCUT2D eigenvalue weighted by molar-refractivity contribution is 6.04. The molecular formula is C27H37N3O2. The summed E-state index contributed by atoms with van der Waals surface area (Å²) in [6, 6.07) is 15.9. The normalized spacial score (nSPS) is 14.0. The van der Waals surface area contributed by atoms with E-state index in [0.29, 0.717) is 11.5 Å². The lowest BCUT2D eigenvalue weighted by molar-refractivity contribution is -0.136. The maximum atomic E-state index is 12.6. The molecule has 1 fully saturated rings. The van der Waals surface area contributed by atoms with Gasteiger partial charge in [-0.15, -0.1) is 0 Å². The van der Waals surface area contributed by atoms with E-state index in [1.807, 2.05) is 53.4 Å². The molecule has 1 saturated heterocycles. The zero-order chi connectivity index (χ0) is 22.9. The van der Waals surface area contributed by atoms with Gasteiger partial charge in [-0.25, -0.2) is 0 Å². The van der Waals surface area contributed by atoms with Crippen LogP contribution in [0.15, 0.2) is 48.5 Å². The molecule has 0 unspecified atom stereocenters. The van der Waals surface area contributed by atoms with Gasteiger partial charge in [0.25, 0.3) is 5.91 Å². The molecule has 2 amide bonds. The molecule has 1 heterocycles. The minimum absolute atomic E-state index is 0.0895. The fourth-order valence-electron chi connectivity index (χ4n) is 4.24. The van der Waals surface area contributed by atoms with Crippen molar-refractivity contribution in [3.8, 4) is 0 Å². The van der Waals surface area contributed by atoms with E-state index in [9.17, 15) is 9.59 Å². The van der Waals surface area contributed by atoms with Gasteiger partial charge in [-0.2, -0.15) is 0 Å². The minimum atomic E-state index is -0.0895. The standard InChI is InChI=1S/C27H37N3O2/c1-4-7-8-21-9-11-23(12-10-21)26(31)28-24-13-15-25(16-14-24)29-17-19-30(20-18-29)27(32)22(5-2)6-3/h9-16,22H,4-8,17-20H2,1-3H3,(H,28,31). The van der Waals surface area contributed by atoms with Gasteiger partial charge in [0.2, 0.25) is 5.91 Å². The van der Waals surface area contributed by atoms with E-state index in [0.717, 1.165) is 56.8 Å². The minimum Gasteiger partial charge on any atom is -0.368 e. The van der Waals surface area contributed by atoms with E-state index in [1.165, 1.54) is 18.4 Å². The lowest BCUT2D eigenvalue weighted by Crippen LogP contribution is -2.50. The molecule has 0 radical (unpaired) electrons. The molecule has 0 bridgehead atoms. The van der Waals surface area contributed by atoms with Crippen LogP contribution in [-0.2, 0) is 11.2 Å². The highest BCUT2D eigenvalue weighted by Crippen LogP contribution is 2.21. The summed E-state index contributed by atoms with van der Waals surface area (Å²) < 4.78 is 0. The van der Waals surface area contributed by atoms with Gasteiger partial charge >= 0.3 is 0 Å². The zero-order valence-corrected chi connectivity index (χ0v) is 19.8. The van der Waals surface area contributed by atoms with Crippen LogP contribution in [-0.4, -0.2) is 42.9 Å². The third-order valence-corrected chi connectivity index (χ3v) is 6.45. The van der Waals surface area contributed by atoms with Gasteiger partial charge < -0.3 is 15.1 Å². The lowest BCUT2D eigenvalue weighted by Gasteiger charge is -2.37. The van der Waals surface area contributed by atoms with Gasteiger partial charge in [0.1, 0.15) is 0 Å². The van der Waals surface area contributed by atoms with Crippen molar-refractivity contribution in [2.45, 2.75) is 52.9 Å². The van der Waals surface area contributed by atoms with Gasteiger partial charge in [-0.1, -0.05) is 39.3 Å². The zero-order valence-electron chi connectivity index (χ0n) is 19.8. The Hall–Kier alpha value is -2.82. The Balaban J connectivity index is 1.52. The van der Waals surface area contributed by atoms with Crippen molar-refractivity contribution >= 4 is 23.2 Å². The number of unbranched alkanes of at least 4 members (excludes halogenated alkanes) is 1. The number of hydrogen-bond acceptors (Lipinski definition) is 3. The van der Waals surface area contributed by atoms with Crippen LogP contribution in [0.5, 0.6) is 0 Å². The van der Waals surface area contributed by atoms with Crippen molar-refractivity contribution in [3.63, 3.8) is 0 Å². The lowest BCUT2D eigenvalue weighted by atomic mass is 10.0. The van der Waals surface area contributed by atoms with Crippen molar-refractivity contribution in [1.29, 1.82) is 0 Å². The maximum absolute atomic E-state index is 12.6. The first-order valence-corrected chi connectivity index (χ1v) is 12.1. The molecule has 3 rings (SSSR count). The fourth-order valence-corrected chi connectivity index (χ4v) is 4.24. The first-order valence-electron chi connectivity index (χ1n) is 12.1. The van der Waals surface area contributed by atoms with E-state index in [1.54, 1.807) is 0 Å². The molecule has 172 valence electrons. The molecule has 1 aliphatic rings. The Morgan fingerprint density at radius 3 is 2.06 bits per heavy atom. The van der Waals surface area contributed by atoms with Crippen molar-refractivity contribution in [2.24, 2.45) is 5.92 Å². The molecule has 2 aromatic carbocycles. The van der Waals surface area contributed by atoms with Crippen LogP contribution in [0.1, 0.15) is 62.4 Å². The maximum Gasteiger partial charge on any atom is 0.255 e. The number of amides is 2. The predicted octanol–water partition coefficient (Wildman–Crippen LogP) is 5.37.